The van der Waals surface area contributed by atoms with Gasteiger partial charge in [-0.15, -0.1) is 0 Å². The summed E-state index contributed by atoms with van der Waals surface area (Å²) < 4.78 is 5.84. The number of piperazine rings is 1. The minimum atomic E-state index is -0.500. The molecule has 29 heavy (non-hydrogen) atoms. The van der Waals surface area contributed by atoms with Crippen molar-refractivity contribution in [3.8, 4) is 5.75 Å². The number of nitrogens with zero attached hydrogens (tertiary/aromatic N) is 2. The fraction of sp³-hybridized carbons (Fsp3) is 0.500. The Morgan fingerprint density at radius 3 is 2.38 bits per heavy atom. The number of aliphatic hydroxyl groups is 1. The van der Waals surface area contributed by atoms with Crippen LogP contribution in [0.4, 0.5) is 5.69 Å². The molecule has 1 heterocycles. The highest BCUT2D eigenvalue weighted by molar-refractivity contribution is 6.30. The standard InChI is InChI=1S/C24H33ClN2O2/c1-17(2)23-8-7-22(13-19(23)4)29-16-21(28)15-26-9-11-27(12-10-26)24-14-20(25)6-5-18(24)3/h5-8,13-14,17,21,28H,9-12,15-16H2,1-4H3/t21-/m0/s1. The molecule has 0 aliphatic carbocycles. The van der Waals surface area contributed by atoms with E-state index in [2.05, 4.69) is 55.7 Å². The van der Waals surface area contributed by atoms with Gasteiger partial charge in [0.1, 0.15) is 18.5 Å². The summed E-state index contributed by atoms with van der Waals surface area (Å²) in [5, 5.41) is 11.2. The van der Waals surface area contributed by atoms with E-state index < -0.39 is 6.10 Å². The molecule has 0 amide bonds. The van der Waals surface area contributed by atoms with Gasteiger partial charge in [-0.05, 0) is 60.7 Å². The number of β-amino-alcohol motifs (C(OH)–C–C–N with tert-alkyl or cyclic N) is 1. The molecule has 5 heteroatoms. The molecule has 2 aromatic rings. The molecule has 0 aromatic heterocycles. The second-order valence-corrected chi connectivity index (χ2v) is 8.79. The van der Waals surface area contributed by atoms with E-state index in [1.54, 1.807) is 0 Å². The minimum absolute atomic E-state index is 0.314. The molecule has 0 bridgehead atoms. The van der Waals surface area contributed by atoms with Gasteiger partial charge in [0.2, 0.25) is 0 Å². The van der Waals surface area contributed by atoms with Crippen LogP contribution in [0, 0.1) is 13.8 Å². The van der Waals surface area contributed by atoms with Crippen molar-refractivity contribution >= 4 is 17.3 Å². The Hall–Kier alpha value is -1.75. The first-order chi connectivity index (χ1) is 13.8. The molecule has 4 nitrogen and oxygen atoms in total. The van der Waals surface area contributed by atoms with E-state index in [-0.39, 0.29) is 0 Å². The summed E-state index contributed by atoms with van der Waals surface area (Å²) in [6.45, 7) is 13.3. The van der Waals surface area contributed by atoms with Crippen molar-refractivity contribution in [1.29, 1.82) is 0 Å². The largest absolute Gasteiger partial charge is 0.491 e. The van der Waals surface area contributed by atoms with Crippen molar-refractivity contribution in [2.45, 2.75) is 39.7 Å². The number of rotatable bonds is 7. The van der Waals surface area contributed by atoms with E-state index in [0.29, 0.717) is 19.1 Å². The van der Waals surface area contributed by atoms with E-state index in [1.807, 2.05) is 18.2 Å². The lowest BCUT2D eigenvalue weighted by Crippen LogP contribution is -2.49. The molecule has 0 spiro atoms. The number of aliphatic hydroxyl groups excluding tert-OH is 1. The highest BCUT2D eigenvalue weighted by Crippen LogP contribution is 2.26. The SMILES string of the molecule is Cc1cc(OC[C@@H](O)CN2CCN(c3cc(Cl)ccc3C)CC2)ccc1C(C)C. The van der Waals surface area contributed by atoms with E-state index in [4.69, 9.17) is 16.3 Å². The van der Waals surface area contributed by atoms with Gasteiger partial charge in [0, 0.05) is 43.4 Å². The van der Waals surface area contributed by atoms with Crippen LogP contribution in [0.3, 0.4) is 0 Å². The maximum Gasteiger partial charge on any atom is 0.119 e. The van der Waals surface area contributed by atoms with Gasteiger partial charge in [-0.1, -0.05) is 37.6 Å². The van der Waals surface area contributed by atoms with Gasteiger partial charge >= 0.3 is 0 Å². The number of anilines is 1. The quantitative estimate of drug-likeness (QED) is 0.713. The van der Waals surface area contributed by atoms with E-state index in [1.165, 1.54) is 22.4 Å². The third-order valence-corrected chi connectivity index (χ3v) is 5.89. The van der Waals surface area contributed by atoms with Crippen LogP contribution < -0.4 is 9.64 Å². The lowest BCUT2D eigenvalue weighted by atomic mass is 9.98. The lowest BCUT2D eigenvalue weighted by Gasteiger charge is -2.37. The van der Waals surface area contributed by atoms with Crippen molar-refractivity contribution in [3.05, 3.63) is 58.1 Å². The van der Waals surface area contributed by atoms with E-state index in [9.17, 15) is 5.11 Å². The summed E-state index contributed by atoms with van der Waals surface area (Å²) in [5.41, 5.74) is 5.03. The van der Waals surface area contributed by atoms with Crippen LogP contribution in [0.2, 0.25) is 5.02 Å². The summed E-state index contributed by atoms with van der Waals surface area (Å²) in [5.74, 6) is 1.33. The minimum Gasteiger partial charge on any atom is -0.491 e. The van der Waals surface area contributed by atoms with Gasteiger partial charge in [-0.3, -0.25) is 4.90 Å². The van der Waals surface area contributed by atoms with Crippen molar-refractivity contribution in [3.63, 3.8) is 0 Å². The van der Waals surface area contributed by atoms with Crippen LogP contribution in [0.1, 0.15) is 36.5 Å². The van der Waals surface area contributed by atoms with Crippen molar-refractivity contribution in [1.82, 2.24) is 4.90 Å². The third-order valence-electron chi connectivity index (χ3n) is 5.66. The van der Waals surface area contributed by atoms with Crippen molar-refractivity contribution in [2.75, 3.05) is 44.2 Å². The maximum absolute atomic E-state index is 10.4. The number of hydrogen-bond acceptors (Lipinski definition) is 4. The highest BCUT2D eigenvalue weighted by atomic mass is 35.5. The fourth-order valence-electron chi connectivity index (χ4n) is 4.02. The summed E-state index contributed by atoms with van der Waals surface area (Å²) in [6.07, 6.45) is -0.500. The Labute approximate surface area is 180 Å². The average Bonchev–Trinajstić information content (AvgIpc) is 2.69. The fourth-order valence-corrected chi connectivity index (χ4v) is 4.19. The van der Waals surface area contributed by atoms with Gasteiger partial charge in [-0.25, -0.2) is 0 Å². The molecule has 1 aliphatic heterocycles. The molecule has 1 saturated heterocycles. The number of hydrogen-bond donors (Lipinski definition) is 1. The topological polar surface area (TPSA) is 35.9 Å². The average molecular weight is 417 g/mol. The molecule has 0 radical (unpaired) electrons. The monoisotopic (exact) mass is 416 g/mol. The second kappa shape index (κ2) is 9.84. The first-order valence-corrected chi connectivity index (χ1v) is 10.9. The molecule has 2 aromatic carbocycles. The zero-order valence-electron chi connectivity index (χ0n) is 18.0. The van der Waals surface area contributed by atoms with Crippen LogP contribution >= 0.6 is 11.6 Å². The molecule has 3 rings (SSSR count). The molecule has 158 valence electrons. The maximum atomic E-state index is 10.4. The molecule has 0 unspecified atom stereocenters. The number of aryl methyl sites for hydroxylation is 2. The first-order valence-electron chi connectivity index (χ1n) is 10.5. The number of ether oxygens (including phenoxy) is 1. The Morgan fingerprint density at radius 1 is 1.00 bits per heavy atom. The Bertz CT molecular complexity index is 817. The zero-order valence-corrected chi connectivity index (χ0v) is 18.7. The zero-order chi connectivity index (χ0) is 21.0. The van der Waals surface area contributed by atoms with E-state index >= 15 is 0 Å². The van der Waals surface area contributed by atoms with Crippen molar-refractivity contribution < 1.29 is 9.84 Å². The summed E-state index contributed by atoms with van der Waals surface area (Å²) in [4.78, 5) is 4.68. The second-order valence-electron chi connectivity index (χ2n) is 8.36. The predicted octanol–water partition coefficient (Wildman–Crippen LogP) is 4.64. The summed E-state index contributed by atoms with van der Waals surface area (Å²) in [7, 11) is 0. The smallest absolute Gasteiger partial charge is 0.119 e. The van der Waals surface area contributed by atoms with Crippen LogP contribution in [0.15, 0.2) is 36.4 Å². The van der Waals surface area contributed by atoms with Crippen LogP contribution in [-0.4, -0.2) is 55.4 Å². The van der Waals surface area contributed by atoms with Crippen LogP contribution in [0.25, 0.3) is 0 Å². The molecule has 0 saturated carbocycles. The third kappa shape index (κ3) is 5.88. The predicted molar refractivity (Wildman–Crippen MR) is 122 cm³/mol. The molecular weight excluding hydrogens is 384 g/mol. The van der Waals surface area contributed by atoms with Crippen LogP contribution in [-0.2, 0) is 0 Å². The van der Waals surface area contributed by atoms with Gasteiger partial charge < -0.3 is 14.7 Å². The molecule has 1 fully saturated rings. The van der Waals surface area contributed by atoms with Gasteiger partial charge in [0.05, 0.1) is 0 Å². The van der Waals surface area contributed by atoms with Crippen LogP contribution in [0.5, 0.6) is 5.75 Å². The molecule has 1 atom stereocenters. The van der Waals surface area contributed by atoms with Gasteiger partial charge in [0.15, 0.2) is 0 Å². The molecule has 1 N–H and O–H groups in total. The lowest BCUT2D eigenvalue weighted by molar-refractivity contribution is 0.0663. The Morgan fingerprint density at radius 2 is 1.72 bits per heavy atom. The highest BCUT2D eigenvalue weighted by Gasteiger charge is 2.21. The number of benzene rings is 2. The van der Waals surface area contributed by atoms with Gasteiger partial charge in [0.25, 0.3) is 0 Å². The Kier molecular flexibility index (Phi) is 7.44. The van der Waals surface area contributed by atoms with Crippen molar-refractivity contribution in [2.24, 2.45) is 0 Å². The normalized spacial score (nSPS) is 16.3. The number of halogens is 1. The van der Waals surface area contributed by atoms with Gasteiger partial charge in [-0.2, -0.15) is 0 Å². The molecule has 1 aliphatic rings. The first kappa shape index (κ1) is 21.9. The van der Waals surface area contributed by atoms with E-state index in [0.717, 1.165) is 37.0 Å². The summed E-state index contributed by atoms with van der Waals surface area (Å²) in [6, 6.07) is 12.2. The summed E-state index contributed by atoms with van der Waals surface area (Å²) >= 11 is 6.17. The Balaban J connectivity index is 1.46. The molecular formula is C24H33ClN2O2.